The number of aliphatic imine (C=N–C) groups is 1. The molecule has 0 spiro atoms. The third kappa shape index (κ3) is 9.49. The SMILES string of the molecule is NC(N)=NCCCC(NC(=O)c1sccc1NS(=O)c1cc(-c2cccc(CN3CCN(Cc4cccnc4)CC3)c2)cc2c1OCC2)C(=O)O. The molecule has 15 heteroatoms. The number of pyridine rings is 1. The number of amides is 1. The number of ether oxygens (including phenoxy) is 1. The summed E-state index contributed by atoms with van der Waals surface area (Å²) in [5.74, 6) is -1.25. The number of nitrogens with two attached hydrogens (primary N) is 2. The number of thiophene rings is 1. The van der Waals surface area contributed by atoms with Crippen molar-refractivity contribution in [3.63, 3.8) is 0 Å². The summed E-state index contributed by atoms with van der Waals surface area (Å²) >= 11 is 1.13. The van der Waals surface area contributed by atoms with Crippen LogP contribution in [0.1, 0.15) is 39.2 Å². The molecule has 2 aliphatic heterocycles. The molecule has 2 aromatic carbocycles. The van der Waals surface area contributed by atoms with Gasteiger partial charge in [-0.25, -0.2) is 9.00 Å². The van der Waals surface area contributed by atoms with Gasteiger partial charge in [-0.15, -0.1) is 11.3 Å². The number of carboxylic acids is 1. The van der Waals surface area contributed by atoms with Gasteiger partial charge in [0, 0.05) is 64.6 Å². The number of guanidine groups is 1. The molecule has 268 valence electrons. The standard InChI is InChI=1S/C36H42N8O5S2/c37-36(38)40-11-3-7-30(35(46)47)41-34(45)33-29(9-17-50-33)42-51(48)31-20-28(19-27-8-16-49-32(27)31)26-6-1-4-24(18-26)22-43-12-14-44(15-13-43)23-25-5-2-10-39-21-25/h1-2,4-6,9-10,17-21,30,42H,3,7-8,11-16,22-23H2,(H,41,45)(H,46,47)(H4,37,38,40). The molecule has 7 N–H and O–H groups in total. The Labute approximate surface area is 303 Å². The molecule has 0 bridgehead atoms. The summed E-state index contributed by atoms with van der Waals surface area (Å²) in [6.45, 7) is 6.43. The number of nitrogens with one attached hydrogen (secondary N) is 2. The smallest absolute Gasteiger partial charge is 0.326 e. The fraction of sp³-hybridized carbons (Fsp3) is 0.333. The van der Waals surface area contributed by atoms with Gasteiger partial charge in [0.15, 0.2) is 16.9 Å². The van der Waals surface area contributed by atoms with Crippen LogP contribution in [0.15, 0.2) is 82.3 Å². The van der Waals surface area contributed by atoms with Crippen molar-refractivity contribution >= 4 is 45.8 Å². The number of benzene rings is 2. The van der Waals surface area contributed by atoms with E-state index in [2.05, 4.69) is 66.2 Å². The fourth-order valence-corrected chi connectivity index (χ4v) is 8.13. The highest BCUT2D eigenvalue weighted by atomic mass is 32.2. The zero-order valence-electron chi connectivity index (χ0n) is 28.1. The van der Waals surface area contributed by atoms with Crippen molar-refractivity contribution < 1.29 is 23.6 Å². The quantitative estimate of drug-likeness (QED) is 0.0689. The van der Waals surface area contributed by atoms with Gasteiger partial charge >= 0.3 is 5.97 Å². The minimum atomic E-state index is -1.79. The predicted octanol–water partition coefficient (Wildman–Crippen LogP) is 3.43. The highest BCUT2D eigenvalue weighted by Gasteiger charge is 2.26. The first-order valence-electron chi connectivity index (χ1n) is 16.8. The Hall–Kier alpha value is -4.83. The fourth-order valence-electron chi connectivity index (χ4n) is 6.24. The van der Waals surface area contributed by atoms with Crippen LogP contribution in [-0.2, 0) is 35.3 Å². The second-order valence-electron chi connectivity index (χ2n) is 12.5. The summed E-state index contributed by atoms with van der Waals surface area (Å²) in [6.07, 6.45) is 4.93. The Bertz CT molecular complexity index is 1890. The van der Waals surface area contributed by atoms with E-state index in [4.69, 9.17) is 16.2 Å². The minimum Gasteiger partial charge on any atom is -0.492 e. The molecule has 13 nitrogen and oxygen atoms in total. The van der Waals surface area contributed by atoms with Crippen LogP contribution in [0.4, 0.5) is 5.69 Å². The molecule has 1 saturated heterocycles. The van der Waals surface area contributed by atoms with Crippen LogP contribution in [-0.4, -0.2) is 87.3 Å². The number of fused-ring (bicyclic) bond motifs is 1. The molecule has 1 amide bonds. The lowest BCUT2D eigenvalue weighted by molar-refractivity contribution is -0.139. The van der Waals surface area contributed by atoms with Gasteiger partial charge in [-0.05, 0) is 76.4 Å². The number of hydrogen-bond donors (Lipinski definition) is 5. The molecular weight excluding hydrogens is 689 g/mol. The summed E-state index contributed by atoms with van der Waals surface area (Å²) in [5.41, 5.74) is 16.4. The largest absolute Gasteiger partial charge is 0.492 e. The van der Waals surface area contributed by atoms with E-state index < -0.39 is 28.9 Å². The number of rotatable bonds is 15. The maximum absolute atomic E-state index is 13.9. The number of piperazine rings is 1. The van der Waals surface area contributed by atoms with Gasteiger partial charge in [0.25, 0.3) is 5.91 Å². The number of carbonyl (C=O) groups is 2. The van der Waals surface area contributed by atoms with E-state index in [0.717, 1.165) is 67.3 Å². The normalized spacial score (nSPS) is 15.7. The molecular formula is C36H42N8O5S2. The third-order valence-electron chi connectivity index (χ3n) is 8.83. The van der Waals surface area contributed by atoms with Crippen molar-refractivity contribution in [2.45, 2.75) is 43.3 Å². The van der Waals surface area contributed by atoms with Crippen LogP contribution in [0.3, 0.4) is 0 Å². The Morgan fingerprint density at radius 2 is 1.78 bits per heavy atom. The molecule has 2 unspecified atom stereocenters. The molecule has 4 heterocycles. The van der Waals surface area contributed by atoms with Gasteiger partial charge < -0.3 is 26.6 Å². The van der Waals surface area contributed by atoms with E-state index in [9.17, 15) is 18.9 Å². The zero-order chi connectivity index (χ0) is 35.7. The second-order valence-corrected chi connectivity index (χ2v) is 14.6. The highest BCUT2D eigenvalue weighted by molar-refractivity contribution is 7.86. The molecule has 51 heavy (non-hydrogen) atoms. The van der Waals surface area contributed by atoms with Crippen molar-refractivity contribution in [1.29, 1.82) is 0 Å². The lowest BCUT2D eigenvalue weighted by Crippen LogP contribution is -2.45. The van der Waals surface area contributed by atoms with Gasteiger partial charge in [0.2, 0.25) is 0 Å². The zero-order valence-corrected chi connectivity index (χ0v) is 29.8. The number of carbonyl (C=O) groups excluding carboxylic acids is 1. The topological polar surface area (TPSA) is 188 Å². The maximum Gasteiger partial charge on any atom is 0.326 e. The highest BCUT2D eigenvalue weighted by Crippen LogP contribution is 2.38. The summed E-state index contributed by atoms with van der Waals surface area (Å²) in [4.78, 5) is 38.8. The van der Waals surface area contributed by atoms with Gasteiger partial charge in [-0.2, -0.15) is 0 Å². The number of carboxylic acid groups (broad SMARTS) is 1. The van der Waals surface area contributed by atoms with E-state index in [1.165, 1.54) is 11.1 Å². The third-order valence-corrected chi connectivity index (χ3v) is 10.9. The molecule has 4 aromatic rings. The van der Waals surface area contributed by atoms with E-state index in [1.807, 2.05) is 18.3 Å². The lowest BCUT2D eigenvalue weighted by atomic mass is 10.00. The van der Waals surface area contributed by atoms with Crippen molar-refractivity contribution in [2.24, 2.45) is 16.5 Å². The molecule has 2 atom stereocenters. The minimum absolute atomic E-state index is 0.0820. The molecule has 0 radical (unpaired) electrons. The molecule has 6 rings (SSSR count). The van der Waals surface area contributed by atoms with Crippen LogP contribution in [0.5, 0.6) is 5.75 Å². The summed E-state index contributed by atoms with van der Waals surface area (Å²) in [6, 6.07) is 17.0. The van der Waals surface area contributed by atoms with E-state index in [1.54, 1.807) is 17.6 Å². The summed E-state index contributed by atoms with van der Waals surface area (Å²) in [7, 11) is -1.79. The van der Waals surface area contributed by atoms with Gasteiger partial charge in [-0.1, -0.05) is 24.3 Å². The molecule has 0 aliphatic carbocycles. The van der Waals surface area contributed by atoms with Crippen LogP contribution in [0, 0.1) is 0 Å². The Balaban J connectivity index is 1.12. The van der Waals surface area contributed by atoms with Crippen molar-refractivity contribution in [1.82, 2.24) is 20.1 Å². The molecule has 1 fully saturated rings. The van der Waals surface area contributed by atoms with E-state index in [0.29, 0.717) is 35.8 Å². The molecule has 2 aromatic heterocycles. The molecule has 2 aliphatic rings. The number of aromatic nitrogens is 1. The first-order chi connectivity index (χ1) is 24.7. The first kappa shape index (κ1) is 36.0. The second kappa shape index (κ2) is 16.9. The Kier molecular flexibility index (Phi) is 11.9. The molecule has 0 saturated carbocycles. The summed E-state index contributed by atoms with van der Waals surface area (Å²) in [5, 5.41) is 13.9. The lowest BCUT2D eigenvalue weighted by Gasteiger charge is -2.34. The predicted molar refractivity (Wildman–Crippen MR) is 199 cm³/mol. The van der Waals surface area contributed by atoms with Crippen molar-refractivity contribution in [2.75, 3.05) is 44.1 Å². The van der Waals surface area contributed by atoms with Gasteiger partial charge in [0.1, 0.15) is 21.6 Å². The van der Waals surface area contributed by atoms with Crippen molar-refractivity contribution in [3.8, 4) is 16.9 Å². The first-order valence-corrected chi connectivity index (χ1v) is 18.8. The number of nitrogens with zero attached hydrogens (tertiary/aromatic N) is 4. The monoisotopic (exact) mass is 730 g/mol. The van der Waals surface area contributed by atoms with Crippen LogP contribution in [0.2, 0.25) is 0 Å². The number of anilines is 1. The Morgan fingerprint density at radius 3 is 2.51 bits per heavy atom. The maximum atomic E-state index is 13.9. The number of hydrogen-bond acceptors (Lipinski definition) is 9. The van der Waals surface area contributed by atoms with E-state index >= 15 is 0 Å². The van der Waals surface area contributed by atoms with Crippen LogP contribution >= 0.6 is 11.3 Å². The van der Waals surface area contributed by atoms with E-state index in [-0.39, 0.29) is 23.8 Å². The summed E-state index contributed by atoms with van der Waals surface area (Å²) < 4.78 is 22.8. The number of aliphatic carboxylic acids is 1. The van der Waals surface area contributed by atoms with Gasteiger partial charge in [-0.3, -0.25) is 29.3 Å². The van der Waals surface area contributed by atoms with Crippen LogP contribution in [0.25, 0.3) is 11.1 Å². The average molecular weight is 731 g/mol. The Morgan fingerprint density at radius 1 is 1.02 bits per heavy atom. The average Bonchev–Trinajstić information content (AvgIpc) is 3.80. The van der Waals surface area contributed by atoms with Gasteiger partial charge in [0.05, 0.1) is 12.3 Å². The van der Waals surface area contributed by atoms with Crippen LogP contribution < -0.4 is 26.2 Å². The van der Waals surface area contributed by atoms with Crippen molar-refractivity contribution in [3.05, 3.63) is 93.9 Å².